The molecule has 0 aliphatic heterocycles. The van der Waals surface area contributed by atoms with Crippen LogP contribution in [-0.4, -0.2) is 5.91 Å². The molecule has 104 valence electrons. The molecule has 0 saturated heterocycles. The van der Waals surface area contributed by atoms with Gasteiger partial charge in [0.05, 0.1) is 0 Å². The number of aryl methyl sites for hydroxylation is 1. The van der Waals surface area contributed by atoms with Crippen molar-refractivity contribution in [1.82, 2.24) is 0 Å². The Morgan fingerprint density at radius 1 is 1.30 bits per heavy atom. The lowest BCUT2D eigenvalue weighted by molar-refractivity contribution is -0.118. The molecule has 0 radical (unpaired) electrons. The van der Waals surface area contributed by atoms with Crippen LogP contribution in [0.3, 0.4) is 0 Å². The van der Waals surface area contributed by atoms with Gasteiger partial charge in [-0.05, 0) is 30.7 Å². The Kier molecular flexibility index (Phi) is 4.68. The fraction of sp³-hybridized carbons (Fsp3) is 0.133. The number of para-hydroxylation sites is 1. The lowest BCUT2D eigenvalue weighted by atomic mass is 10.0. The Morgan fingerprint density at radius 2 is 2.00 bits per heavy atom. The zero-order valence-corrected chi connectivity index (χ0v) is 13.2. The smallest absolute Gasteiger partial charge is 0.244 e. The lowest BCUT2D eigenvalue weighted by Gasteiger charge is -2.19. The third-order valence-electron chi connectivity index (χ3n) is 3.00. The van der Waals surface area contributed by atoms with Crippen LogP contribution in [0.4, 0.5) is 5.69 Å². The lowest BCUT2D eigenvalue weighted by Crippen LogP contribution is -2.28. The second kappa shape index (κ2) is 6.29. The van der Waals surface area contributed by atoms with Crippen molar-refractivity contribution in [3.05, 3.63) is 63.1 Å². The molecule has 1 amide bonds. The van der Waals surface area contributed by atoms with E-state index in [1.807, 2.05) is 37.3 Å². The highest BCUT2D eigenvalue weighted by Crippen LogP contribution is 2.29. The van der Waals surface area contributed by atoms with Gasteiger partial charge >= 0.3 is 0 Å². The highest BCUT2D eigenvalue weighted by molar-refractivity contribution is 9.10. The monoisotopic (exact) mass is 352 g/mol. The Morgan fingerprint density at radius 3 is 2.60 bits per heavy atom. The van der Waals surface area contributed by atoms with Crippen molar-refractivity contribution in [1.29, 1.82) is 0 Å². The van der Waals surface area contributed by atoms with Gasteiger partial charge in [-0.25, -0.2) is 0 Å². The number of carbonyl (C=O) groups excluding carboxylic acids is 1. The first-order chi connectivity index (χ1) is 9.49. The summed E-state index contributed by atoms with van der Waals surface area (Å²) in [5.41, 5.74) is 8.05. The van der Waals surface area contributed by atoms with Crippen molar-refractivity contribution in [2.24, 2.45) is 5.73 Å². The SMILES string of the molecule is Cc1ccccc1NC(C(N)=O)c1ccc(Br)cc1Cl. The molecule has 2 aromatic carbocycles. The molecular formula is C15H14BrClN2O. The number of primary amides is 1. The van der Waals surface area contributed by atoms with Crippen molar-refractivity contribution in [2.45, 2.75) is 13.0 Å². The minimum Gasteiger partial charge on any atom is -0.370 e. The molecule has 0 aromatic heterocycles. The molecule has 3 N–H and O–H groups in total. The highest BCUT2D eigenvalue weighted by atomic mass is 79.9. The van der Waals surface area contributed by atoms with Crippen molar-refractivity contribution in [2.75, 3.05) is 5.32 Å². The Hall–Kier alpha value is -1.52. The average Bonchev–Trinajstić information content (AvgIpc) is 2.38. The quantitative estimate of drug-likeness (QED) is 0.871. The molecule has 0 spiro atoms. The Labute approximate surface area is 131 Å². The summed E-state index contributed by atoms with van der Waals surface area (Å²) in [5, 5.41) is 3.64. The minimum absolute atomic E-state index is 0.475. The molecule has 0 aliphatic rings. The van der Waals surface area contributed by atoms with Crippen LogP contribution in [0.1, 0.15) is 17.2 Å². The molecule has 0 heterocycles. The van der Waals surface area contributed by atoms with E-state index < -0.39 is 11.9 Å². The first kappa shape index (κ1) is 14.9. The number of amides is 1. The van der Waals surface area contributed by atoms with Crippen LogP contribution in [-0.2, 0) is 4.79 Å². The largest absolute Gasteiger partial charge is 0.370 e. The molecule has 2 rings (SSSR count). The molecule has 2 aromatic rings. The van der Waals surface area contributed by atoms with Crippen LogP contribution in [0.2, 0.25) is 5.02 Å². The molecule has 0 fully saturated rings. The van der Waals surface area contributed by atoms with Crippen LogP contribution in [0.15, 0.2) is 46.9 Å². The summed E-state index contributed by atoms with van der Waals surface area (Å²) < 4.78 is 0.852. The van der Waals surface area contributed by atoms with Gasteiger partial charge in [0.15, 0.2) is 0 Å². The molecule has 20 heavy (non-hydrogen) atoms. The zero-order valence-electron chi connectivity index (χ0n) is 10.9. The van der Waals surface area contributed by atoms with Gasteiger partial charge in [0.25, 0.3) is 0 Å². The van der Waals surface area contributed by atoms with Crippen molar-refractivity contribution < 1.29 is 4.79 Å². The third kappa shape index (κ3) is 3.32. The third-order valence-corrected chi connectivity index (χ3v) is 3.82. The van der Waals surface area contributed by atoms with Crippen LogP contribution >= 0.6 is 27.5 Å². The standard InChI is InChI=1S/C15H14BrClN2O/c1-9-4-2-3-5-13(9)19-14(15(18)20)11-7-6-10(16)8-12(11)17/h2-8,14,19H,1H3,(H2,18,20). The molecule has 0 aliphatic carbocycles. The van der Waals surface area contributed by atoms with E-state index in [1.54, 1.807) is 12.1 Å². The van der Waals surface area contributed by atoms with E-state index in [2.05, 4.69) is 21.2 Å². The van der Waals surface area contributed by atoms with Crippen LogP contribution in [0.5, 0.6) is 0 Å². The zero-order chi connectivity index (χ0) is 14.7. The van der Waals surface area contributed by atoms with E-state index in [9.17, 15) is 4.79 Å². The van der Waals surface area contributed by atoms with Gasteiger partial charge in [0, 0.05) is 20.7 Å². The van der Waals surface area contributed by atoms with Crippen molar-refractivity contribution in [3.8, 4) is 0 Å². The van der Waals surface area contributed by atoms with E-state index in [-0.39, 0.29) is 0 Å². The molecule has 0 bridgehead atoms. The Balaban J connectivity index is 2.37. The summed E-state index contributed by atoms with van der Waals surface area (Å²) in [7, 11) is 0. The van der Waals surface area contributed by atoms with E-state index in [1.165, 1.54) is 0 Å². The van der Waals surface area contributed by atoms with Gasteiger partial charge < -0.3 is 11.1 Å². The van der Waals surface area contributed by atoms with Gasteiger partial charge in [-0.2, -0.15) is 0 Å². The molecule has 1 atom stereocenters. The number of benzene rings is 2. The molecule has 5 heteroatoms. The topological polar surface area (TPSA) is 55.1 Å². The first-order valence-electron chi connectivity index (χ1n) is 6.05. The normalized spacial score (nSPS) is 11.9. The average molecular weight is 354 g/mol. The number of carbonyl (C=O) groups is 1. The van der Waals surface area contributed by atoms with Crippen LogP contribution in [0, 0.1) is 6.92 Å². The van der Waals surface area contributed by atoms with Crippen LogP contribution in [0.25, 0.3) is 0 Å². The Bertz CT molecular complexity index is 646. The fourth-order valence-electron chi connectivity index (χ4n) is 1.93. The number of halogens is 2. The number of nitrogens with one attached hydrogen (secondary N) is 1. The summed E-state index contributed by atoms with van der Waals surface area (Å²) in [6.07, 6.45) is 0. The molecule has 1 unspecified atom stereocenters. The van der Waals surface area contributed by atoms with Gasteiger partial charge in [0.2, 0.25) is 5.91 Å². The molecule has 3 nitrogen and oxygen atoms in total. The minimum atomic E-state index is -0.670. The van der Waals surface area contributed by atoms with Gasteiger partial charge in [-0.1, -0.05) is 51.8 Å². The maximum atomic E-state index is 11.7. The van der Waals surface area contributed by atoms with Crippen LogP contribution < -0.4 is 11.1 Å². The summed E-state index contributed by atoms with van der Waals surface area (Å²) in [6, 6.07) is 12.4. The molecule has 0 saturated carbocycles. The van der Waals surface area contributed by atoms with E-state index >= 15 is 0 Å². The number of hydrogen-bond donors (Lipinski definition) is 2. The highest BCUT2D eigenvalue weighted by Gasteiger charge is 2.21. The van der Waals surface area contributed by atoms with Crippen molar-refractivity contribution in [3.63, 3.8) is 0 Å². The maximum Gasteiger partial charge on any atom is 0.244 e. The summed E-state index contributed by atoms with van der Waals surface area (Å²) >= 11 is 9.54. The van der Waals surface area contributed by atoms with Gasteiger partial charge in [0.1, 0.15) is 6.04 Å². The first-order valence-corrected chi connectivity index (χ1v) is 7.22. The number of nitrogens with two attached hydrogens (primary N) is 1. The second-order valence-corrected chi connectivity index (χ2v) is 5.78. The van der Waals surface area contributed by atoms with E-state index in [4.69, 9.17) is 17.3 Å². The maximum absolute atomic E-state index is 11.7. The fourth-order valence-corrected chi connectivity index (χ4v) is 2.71. The van der Waals surface area contributed by atoms with Crippen molar-refractivity contribution >= 4 is 39.1 Å². The predicted molar refractivity (Wildman–Crippen MR) is 85.9 cm³/mol. The van der Waals surface area contributed by atoms with Gasteiger partial charge in [-0.15, -0.1) is 0 Å². The van der Waals surface area contributed by atoms with Gasteiger partial charge in [-0.3, -0.25) is 4.79 Å². The summed E-state index contributed by atoms with van der Waals surface area (Å²) in [5.74, 6) is -0.475. The predicted octanol–water partition coefficient (Wildman–Crippen LogP) is 4.05. The number of anilines is 1. The molecular weight excluding hydrogens is 340 g/mol. The summed E-state index contributed by atoms with van der Waals surface area (Å²) in [4.78, 5) is 11.7. The summed E-state index contributed by atoms with van der Waals surface area (Å²) in [6.45, 7) is 1.96. The second-order valence-electron chi connectivity index (χ2n) is 4.46. The number of hydrogen-bond acceptors (Lipinski definition) is 2. The number of rotatable bonds is 4. The van der Waals surface area contributed by atoms with E-state index in [0.29, 0.717) is 10.6 Å². The van der Waals surface area contributed by atoms with E-state index in [0.717, 1.165) is 15.7 Å².